The zero-order chi connectivity index (χ0) is 20.7. The minimum absolute atomic E-state index is 0.00931. The Morgan fingerprint density at radius 1 is 0.828 bits per heavy atom. The number of carbonyl (C=O) groups is 1. The van der Waals surface area contributed by atoms with Crippen molar-refractivity contribution in [2.24, 2.45) is 0 Å². The van der Waals surface area contributed by atoms with Crippen molar-refractivity contribution in [1.82, 2.24) is 5.32 Å². The number of benzene rings is 3. The maximum atomic E-state index is 12.4. The normalized spacial score (nSPS) is 11.4. The molecule has 0 radical (unpaired) electrons. The molecule has 0 aliphatic heterocycles. The first-order valence-electron chi connectivity index (χ1n) is 9.62. The molecule has 0 saturated heterocycles. The van der Waals surface area contributed by atoms with Crippen molar-refractivity contribution in [2.45, 2.75) is 24.2 Å². The van der Waals surface area contributed by atoms with E-state index in [1.54, 1.807) is 24.3 Å². The van der Waals surface area contributed by atoms with E-state index in [2.05, 4.69) is 5.32 Å². The van der Waals surface area contributed by atoms with Crippen molar-refractivity contribution < 1.29 is 13.2 Å². The minimum Gasteiger partial charge on any atom is -0.355 e. The second kappa shape index (κ2) is 9.52. The van der Waals surface area contributed by atoms with Crippen molar-refractivity contribution in [3.05, 3.63) is 102 Å². The maximum absolute atomic E-state index is 12.4. The molecule has 0 aromatic heterocycles. The fraction of sp³-hybridized carbons (Fsp3) is 0.208. The summed E-state index contributed by atoms with van der Waals surface area (Å²) >= 11 is 0. The van der Waals surface area contributed by atoms with Crippen LogP contribution in [0.2, 0.25) is 0 Å². The topological polar surface area (TPSA) is 63.2 Å². The van der Waals surface area contributed by atoms with Crippen LogP contribution < -0.4 is 5.32 Å². The smallest absolute Gasteiger partial charge is 0.221 e. The molecule has 0 spiro atoms. The van der Waals surface area contributed by atoms with Gasteiger partial charge >= 0.3 is 0 Å². The zero-order valence-corrected chi connectivity index (χ0v) is 17.2. The summed E-state index contributed by atoms with van der Waals surface area (Å²) in [4.78, 5) is 12.6. The van der Waals surface area contributed by atoms with Gasteiger partial charge in [0.2, 0.25) is 5.91 Å². The lowest BCUT2D eigenvalue weighted by Gasteiger charge is -2.19. The molecular weight excluding hydrogens is 382 g/mol. The number of rotatable bonds is 8. The first-order valence-corrected chi connectivity index (χ1v) is 11.3. The van der Waals surface area contributed by atoms with E-state index in [-0.39, 0.29) is 28.9 Å². The molecular formula is C24H25NO3S. The van der Waals surface area contributed by atoms with E-state index in [4.69, 9.17) is 0 Å². The van der Waals surface area contributed by atoms with Gasteiger partial charge in [0.15, 0.2) is 9.84 Å². The lowest BCUT2D eigenvalue weighted by molar-refractivity contribution is -0.120. The highest BCUT2D eigenvalue weighted by atomic mass is 32.2. The SMILES string of the molecule is Cc1ccc(S(=O)(=O)CCC(=O)NCC(c2ccccc2)c2ccccc2)cc1. The van der Waals surface area contributed by atoms with Gasteiger partial charge < -0.3 is 5.32 Å². The summed E-state index contributed by atoms with van der Waals surface area (Å²) in [5, 5.41) is 2.91. The van der Waals surface area contributed by atoms with E-state index in [0.717, 1.165) is 16.7 Å². The Kier molecular flexibility index (Phi) is 6.83. The van der Waals surface area contributed by atoms with Gasteiger partial charge in [0.25, 0.3) is 0 Å². The van der Waals surface area contributed by atoms with Crippen molar-refractivity contribution in [3.63, 3.8) is 0 Å². The van der Waals surface area contributed by atoms with Crippen LogP contribution >= 0.6 is 0 Å². The molecule has 4 nitrogen and oxygen atoms in total. The average Bonchev–Trinajstić information content (AvgIpc) is 2.74. The Morgan fingerprint density at radius 3 is 1.86 bits per heavy atom. The summed E-state index contributed by atoms with van der Waals surface area (Å²) < 4.78 is 24.9. The standard InChI is InChI=1S/C24H25NO3S/c1-19-12-14-22(15-13-19)29(27,28)17-16-24(26)25-18-23(20-8-4-2-5-9-20)21-10-6-3-7-11-21/h2-15,23H,16-18H2,1H3,(H,25,26). The van der Waals surface area contributed by atoms with E-state index in [9.17, 15) is 13.2 Å². The molecule has 0 aliphatic carbocycles. The predicted octanol–water partition coefficient (Wildman–Crippen LogP) is 4.11. The molecule has 5 heteroatoms. The van der Waals surface area contributed by atoms with E-state index in [1.807, 2.05) is 67.6 Å². The van der Waals surface area contributed by atoms with Gasteiger partial charge in [-0.15, -0.1) is 0 Å². The number of sulfone groups is 1. The number of amides is 1. The Bertz CT molecular complexity index is 991. The third-order valence-electron chi connectivity index (χ3n) is 4.89. The molecule has 1 N–H and O–H groups in total. The molecule has 0 saturated carbocycles. The summed E-state index contributed by atoms with van der Waals surface area (Å²) in [6.07, 6.45) is -0.0630. The largest absolute Gasteiger partial charge is 0.355 e. The van der Waals surface area contributed by atoms with E-state index in [1.165, 1.54) is 0 Å². The molecule has 150 valence electrons. The highest BCUT2D eigenvalue weighted by molar-refractivity contribution is 7.91. The average molecular weight is 408 g/mol. The number of nitrogens with one attached hydrogen (secondary N) is 1. The first kappa shape index (κ1) is 20.8. The summed E-state index contributed by atoms with van der Waals surface area (Å²) in [6, 6.07) is 26.6. The maximum Gasteiger partial charge on any atom is 0.221 e. The molecule has 0 bridgehead atoms. The molecule has 0 fully saturated rings. The monoisotopic (exact) mass is 407 g/mol. The van der Waals surface area contributed by atoms with Crippen LogP contribution in [0.25, 0.3) is 0 Å². The quantitative estimate of drug-likeness (QED) is 0.611. The molecule has 1 amide bonds. The highest BCUT2D eigenvalue weighted by Gasteiger charge is 2.18. The number of carbonyl (C=O) groups excluding carboxylic acids is 1. The number of aryl methyl sites for hydroxylation is 1. The Morgan fingerprint density at radius 2 is 1.34 bits per heavy atom. The van der Waals surface area contributed by atoms with Gasteiger partial charge in [0.1, 0.15) is 0 Å². The van der Waals surface area contributed by atoms with Crippen LogP contribution in [0.3, 0.4) is 0 Å². The fourth-order valence-electron chi connectivity index (χ4n) is 3.19. The lowest BCUT2D eigenvalue weighted by atomic mass is 9.91. The molecule has 3 rings (SSSR count). The van der Waals surface area contributed by atoms with Crippen LogP contribution in [0, 0.1) is 6.92 Å². The summed E-state index contributed by atoms with van der Waals surface area (Å²) in [7, 11) is -3.48. The molecule has 3 aromatic rings. The second-order valence-corrected chi connectivity index (χ2v) is 9.17. The molecule has 0 aliphatic rings. The van der Waals surface area contributed by atoms with Gasteiger partial charge in [-0.1, -0.05) is 78.4 Å². The van der Waals surface area contributed by atoms with Gasteiger partial charge in [-0.2, -0.15) is 0 Å². The predicted molar refractivity (Wildman–Crippen MR) is 116 cm³/mol. The van der Waals surface area contributed by atoms with E-state index >= 15 is 0 Å². The van der Waals surface area contributed by atoms with Crippen LogP contribution in [0.15, 0.2) is 89.8 Å². The van der Waals surface area contributed by atoms with Gasteiger partial charge in [-0.3, -0.25) is 4.79 Å². The van der Waals surface area contributed by atoms with Crippen molar-refractivity contribution >= 4 is 15.7 Å². The third-order valence-corrected chi connectivity index (χ3v) is 6.62. The van der Waals surface area contributed by atoms with Gasteiger partial charge in [-0.05, 0) is 30.2 Å². The van der Waals surface area contributed by atoms with Crippen LogP contribution in [-0.4, -0.2) is 26.6 Å². The number of hydrogen-bond donors (Lipinski definition) is 1. The molecule has 0 heterocycles. The van der Waals surface area contributed by atoms with E-state index in [0.29, 0.717) is 6.54 Å². The third kappa shape index (κ3) is 5.78. The van der Waals surface area contributed by atoms with Gasteiger partial charge in [-0.25, -0.2) is 8.42 Å². The van der Waals surface area contributed by atoms with Crippen molar-refractivity contribution in [1.29, 1.82) is 0 Å². The zero-order valence-electron chi connectivity index (χ0n) is 16.4. The fourth-order valence-corrected chi connectivity index (χ4v) is 4.43. The molecule has 0 atom stereocenters. The van der Waals surface area contributed by atoms with Crippen molar-refractivity contribution in [2.75, 3.05) is 12.3 Å². The van der Waals surface area contributed by atoms with Gasteiger partial charge in [0, 0.05) is 18.9 Å². The summed E-state index contributed by atoms with van der Waals surface area (Å²) in [6.45, 7) is 2.32. The molecule has 3 aromatic carbocycles. The van der Waals surface area contributed by atoms with E-state index < -0.39 is 9.84 Å². The Balaban J connectivity index is 1.62. The highest BCUT2D eigenvalue weighted by Crippen LogP contribution is 2.23. The lowest BCUT2D eigenvalue weighted by Crippen LogP contribution is -2.30. The van der Waals surface area contributed by atoms with Crippen LogP contribution in [0.5, 0.6) is 0 Å². The van der Waals surface area contributed by atoms with Crippen molar-refractivity contribution in [3.8, 4) is 0 Å². The van der Waals surface area contributed by atoms with Gasteiger partial charge in [0.05, 0.1) is 10.6 Å². The molecule has 0 unspecified atom stereocenters. The molecule has 29 heavy (non-hydrogen) atoms. The minimum atomic E-state index is -3.48. The Labute approximate surface area is 172 Å². The van der Waals surface area contributed by atoms with Crippen LogP contribution in [-0.2, 0) is 14.6 Å². The second-order valence-electron chi connectivity index (χ2n) is 7.06. The van der Waals surface area contributed by atoms with Crippen LogP contribution in [0.1, 0.15) is 29.0 Å². The van der Waals surface area contributed by atoms with Crippen LogP contribution in [0.4, 0.5) is 0 Å². The number of hydrogen-bond acceptors (Lipinski definition) is 3. The Hall–Kier alpha value is -2.92. The summed E-state index contributed by atoms with van der Waals surface area (Å²) in [5.41, 5.74) is 3.20. The summed E-state index contributed by atoms with van der Waals surface area (Å²) in [5.74, 6) is -0.462. The first-order chi connectivity index (χ1) is 14.0.